The van der Waals surface area contributed by atoms with Crippen molar-refractivity contribution in [1.82, 2.24) is 58.5 Å². The maximum absolute atomic E-state index is 13.2. The molecule has 30 nitrogen and oxygen atoms in total. The Bertz CT molecular complexity index is 1920. The van der Waals surface area contributed by atoms with E-state index in [-0.39, 0.29) is 12.3 Å². The van der Waals surface area contributed by atoms with Gasteiger partial charge in [-0.1, -0.05) is 48.0 Å². The second-order valence-corrected chi connectivity index (χ2v) is 17.8. The van der Waals surface area contributed by atoms with Gasteiger partial charge in [0.25, 0.3) is 0 Å². The summed E-state index contributed by atoms with van der Waals surface area (Å²) >= 11 is 0. The van der Waals surface area contributed by atoms with Crippen LogP contribution in [0.5, 0.6) is 0 Å². The van der Waals surface area contributed by atoms with Crippen molar-refractivity contribution in [2.75, 3.05) is 39.5 Å². The van der Waals surface area contributed by atoms with E-state index >= 15 is 0 Å². The lowest BCUT2D eigenvalue weighted by atomic mass is 9.96. The Morgan fingerprint density at radius 2 is 0.808 bits per heavy atom. The topological polar surface area (TPSA) is 485 Å². The number of aliphatic carboxylic acids is 1. The number of hydrogen-bond donors (Lipinski definition) is 18. The summed E-state index contributed by atoms with van der Waals surface area (Å²) in [7, 11) is 0. The quantitative estimate of drug-likeness (QED) is 0.0290. The van der Waals surface area contributed by atoms with Crippen LogP contribution in [0.2, 0.25) is 0 Å². The molecule has 0 aliphatic rings. The molecular formula is C43H76N12O18. The van der Waals surface area contributed by atoms with E-state index in [1.807, 2.05) is 5.32 Å². The van der Waals surface area contributed by atoms with E-state index in [0.29, 0.717) is 6.42 Å². The summed E-state index contributed by atoms with van der Waals surface area (Å²) in [6.07, 6.45) is -1.19. The Morgan fingerprint density at radius 1 is 0.438 bits per heavy atom. The van der Waals surface area contributed by atoms with Crippen molar-refractivity contribution < 1.29 is 88.2 Å². The normalized spacial score (nSPS) is 16.1. The highest BCUT2D eigenvalue weighted by molar-refractivity contribution is 5.99. The predicted octanol–water partition coefficient (Wildman–Crippen LogP) is -8.87. The van der Waals surface area contributed by atoms with Crippen LogP contribution in [0, 0.1) is 17.8 Å². The molecule has 0 heterocycles. The van der Waals surface area contributed by atoms with E-state index in [9.17, 15) is 88.2 Å². The third-order valence-corrected chi connectivity index (χ3v) is 10.8. The number of hydrogen-bond acceptors (Lipinski definition) is 18. The molecule has 11 amide bonds. The van der Waals surface area contributed by atoms with Crippen molar-refractivity contribution in [3.05, 3.63) is 0 Å². The minimum atomic E-state index is -1.87. The molecule has 0 unspecified atom stereocenters. The van der Waals surface area contributed by atoms with E-state index in [1.54, 1.807) is 41.5 Å². The number of aliphatic hydroxyl groups excluding tert-OH is 5. The Hall–Kier alpha value is -6.60. The lowest BCUT2D eigenvalue weighted by molar-refractivity contribution is -0.143. The monoisotopic (exact) mass is 1050 g/mol. The number of carbonyl (C=O) groups excluding carboxylic acids is 11. The number of nitrogens with one attached hydrogen (secondary N) is 11. The summed E-state index contributed by atoms with van der Waals surface area (Å²) in [6.45, 7) is 8.16. The predicted molar refractivity (Wildman–Crippen MR) is 254 cm³/mol. The zero-order valence-electron chi connectivity index (χ0n) is 42.4. The number of carbonyl (C=O) groups is 12. The molecule has 0 aromatic carbocycles. The van der Waals surface area contributed by atoms with E-state index in [0.717, 1.165) is 6.92 Å². The molecule has 0 saturated heterocycles. The van der Waals surface area contributed by atoms with Gasteiger partial charge in [-0.15, -0.1) is 0 Å². The Morgan fingerprint density at radius 3 is 1.23 bits per heavy atom. The van der Waals surface area contributed by atoms with Gasteiger partial charge in [0.15, 0.2) is 0 Å². The molecule has 0 aliphatic carbocycles. The van der Waals surface area contributed by atoms with Crippen LogP contribution in [-0.4, -0.2) is 208 Å². The van der Waals surface area contributed by atoms with E-state index in [1.165, 1.54) is 13.8 Å². The zero-order valence-corrected chi connectivity index (χ0v) is 42.4. The average Bonchev–Trinajstić information content (AvgIpc) is 3.33. The molecule has 0 radical (unpaired) electrons. The van der Waals surface area contributed by atoms with Crippen molar-refractivity contribution >= 4 is 70.9 Å². The number of aliphatic hydroxyl groups is 5. The fourth-order valence-electron chi connectivity index (χ4n) is 6.25. The van der Waals surface area contributed by atoms with Crippen molar-refractivity contribution in [3.63, 3.8) is 0 Å². The maximum atomic E-state index is 13.2. The fourth-order valence-corrected chi connectivity index (χ4v) is 6.25. The van der Waals surface area contributed by atoms with Crippen LogP contribution in [0.1, 0.15) is 75.2 Å². The molecule has 0 saturated carbocycles. The summed E-state index contributed by atoms with van der Waals surface area (Å²) in [5, 5.41) is 83.5. The minimum absolute atomic E-state index is 0.0845. The van der Waals surface area contributed by atoms with Crippen LogP contribution in [0.25, 0.3) is 0 Å². The molecule has 0 spiro atoms. The third-order valence-electron chi connectivity index (χ3n) is 10.8. The molecule has 19 N–H and O–H groups in total. The van der Waals surface area contributed by atoms with Gasteiger partial charge in [-0.3, -0.25) is 52.7 Å². The van der Waals surface area contributed by atoms with Crippen LogP contribution in [0.15, 0.2) is 0 Å². The number of amides is 11. The fraction of sp³-hybridized carbons (Fsp3) is 0.721. The molecule has 12 atom stereocenters. The number of carboxylic acids is 1. The molecule has 0 aromatic rings. The van der Waals surface area contributed by atoms with Crippen LogP contribution in [-0.2, 0) is 57.5 Å². The second-order valence-electron chi connectivity index (χ2n) is 17.8. The summed E-state index contributed by atoms with van der Waals surface area (Å²) in [5.74, 6) is -13.5. The standard InChI is InChI=1S/C43H76N12O18/c1-10-20(6)32(41(70)50-24(43(72)73)11-18(2)3)54-38(67)26(15-57)49-30(62)13-45-40(69)31(19(4)5)53-35(64)22(8)46-34(63)21(7)47-36(65)27(16-58)52-42(71)33(23(9)60)55-39(68)28(17-59)51-37(66)25(14-56)48-29(61)12-44/h18-28,31-33,56-60H,10-17,44H2,1-9H3,(H,45,69)(H,46,63)(H,47,65)(H,48,61)(H,49,62)(H,50,70)(H,51,66)(H,52,71)(H,53,64)(H,54,67)(H,55,68)(H,72,73)/t20-,21-,22-,23+,24-,25-,26-,27-,28-,31-,32-,33-/m0/s1. The Kier molecular flexibility index (Phi) is 30.2. The smallest absolute Gasteiger partial charge is 0.326 e. The first kappa shape index (κ1) is 66.4. The van der Waals surface area contributed by atoms with Crippen LogP contribution in [0.4, 0.5) is 0 Å². The lowest BCUT2D eigenvalue weighted by Crippen LogP contribution is -2.62. The van der Waals surface area contributed by atoms with Gasteiger partial charge in [-0.2, -0.15) is 0 Å². The molecule has 30 heteroatoms. The van der Waals surface area contributed by atoms with E-state index < -0.39 is 189 Å². The summed E-state index contributed by atoms with van der Waals surface area (Å²) < 4.78 is 0. The van der Waals surface area contributed by atoms with Gasteiger partial charge in [-0.05, 0) is 44.9 Å². The minimum Gasteiger partial charge on any atom is -0.480 e. The molecule has 0 bridgehead atoms. The maximum Gasteiger partial charge on any atom is 0.326 e. The zero-order chi connectivity index (χ0) is 56.4. The highest BCUT2D eigenvalue weighted by Gasteiger charge is 2.36. The molecule has 416 valence electrons. The first-order valence-corrected chi connectivity index (χ1v) is 23.4. The van der Waals surface area contributed by atoms with E-state index in [4.69, 9.17) is 5.73 Å². The Labute approximate surface area is 421 Å². The molecule has 0 aliphatic heterocycles. The first-order valence-electron chi connectivity index (χ1n) is 23.4. The van der Waals surface area contributed by atoms with Crippen LogP contribution >= 0.6 is 0 Å². The van der Waals surface area contributed by atoms with Gasteiger partial charge in [0.2, 0.25) is 65.0 Å². The third kappa shape index (κ3) is 23.2. The van der Waals surface area contributed by atoms with Gasteiger partial charge in [0.1, 0.15) is 60.4 Å². The van der Waals surface area contributed by atoms with Gasteiger partial charge in [0, 0.05) is 0 Å². The molecule has 0 fully saturated rings. The van der Waals surface area contributed by atoms with Crippen LogP contribution < -0.4 is 64.2 Å². The first-order chi connectivity index (χ1) is 34.0. The summed E-state index contributed by atoms with van der Waals surface area (Å²) in [4.78, 5) is 153. The highest BCUT2D eigenvalue weighted by Crippen LogP contribution is 2.11. The van der Waals surface area contributed by atoms with Crippen molar-refractivity contribution in [2.24, 2.45) is 23.5 Å². The average molecular weight is 1050 g/mol. The molecule has 0 rings (SSSR count). The van der Waals surface area contributed by atoms with Crippen molar-refractivity contribution in [3.8, 4) is 0 Å². The van der Waals surface area contributed by atoms with Crippen molar-refractivity contribution in [1.29, 1.82) is 0 Å². The largest absolute Gasteiger partial charge is 0.480 e. The summed E-state index contributed by atoms with van der Waals surface area (Å²) in [5.41, 5.74) is 5.17. The highest BCUT2D eigenvalue weighted by atomic mass is 16.4. The SMILES string of the molecule is CC[C@H](C)[C@H](NC(=O)[C@H](CO)NC(=O)CNC(=O)[C@@H](NC(=O)[C@H](C)NC(=O)[C@H](C)NC(=O)[C@H](CO)NC(=O)[C@@H](NC(=O)[C@H](CO)NC(=O)[C@H](CO)NC(=O)CN)[C@@H](C)O)C(C)C)C(=O)N[C@@H](CC(C)C)C(=O)O. The van der Waals surface area contributed by atoms with Gasteiger partial charge < -0.3 is 94.9 Å². The molecule has 0 aromatic heterocycles. The molecule has 73 heavy (non-hydrogen) atoms. The van der Waals surface area contributed by atoms with Gasteiger partial charge in [0.05, 0.1) is 45.6 Å². The van der Waals surface area contributed by atoms with Gasteiger partial charge >= 0.3 is 5.97 Å². The van der Waals surface area contributed by atoms with E-state index in [2.05, 4.69) is 53.2 Å². The van der Waals surface area contributed by atoms with Crippen molar-refractivity contribution in [2.45, 2.75) is 142 Å². The molecular weight excluding hydrogens is 973 g/mol. The second kappa shape index (κ2) is 33.2. The lowest BCUT2D eigenvalue weighted by Gasteiger charge is -2.27. The summed E-state index contributed by atoms with van der Waals surface area (Å²) in [6, 6.07) is -15.2. The van der Waals surface area contributed by atoms with Gasteiger partial charge in [-0.25, -0.2) is 4.79 Å². The number of rotatable bonds is 33. The number of nitrogens with two attached hydrogens (primary N) is 1. The Balaban J connectivity index is 5.56. The van der Waals surface area contributed by atoms with Crippen LogP contribution in [0.3, 0.4) is 0 Å². The number of carboxylic acid groups (broad SMARTS) is 1.